The van der Waals surface area contributed by atoms with Crippen molar-refractivity contribution in [2.75, 3.05) is 10.0 Å². The number of pyridine rings is 1. The second kappa shape index (κ2) is 7.43. The van der Waals surface area contributed by atoms with Crippen LogP contribution in [-0.2, 0) is 16.6 Å². The van der Waals surface area contributed by atoms with Gasteiger partial charge < -0.3 is 5.32 Å². The molecule has 0 aliphatic heterocycles. The molecule has 2 N–H and O–H groups in total. The van der Waals surface area contributed by atoms with Gasteiger partial charge in [0.15, 0.2) is 0 Å². The normalized spacial score (nSPS) is 11.3. The fourth-order valence-electron chi connectivity index (χ4n) is 2.10. The fraction of sp³-hybridized carbons (Fsp3) is 0.118. The van der Waals surface area contributed by atoms with Gasteiger partial charge in [-0.05, 0) is 36.8 Å². The molecule has 2 heterocycles. The van der Waals surface area contributed by atoms with Crippen LogP contribution in [0.1, 0.15) is 11.1 Å². The lowest BCUT2D eigenvalue weighted by Gasteiger charge is -2.08. The molecule has 3 rings (SSSR count). The summed E-state index contributed by atoms with van der Waals surface area (Å²) in [6.45, 7) is 2.69. The van der Waals surface area contributed by atoms with E-state index in [9.17, 15) is 8.42 Å². The maximum atomic E-state index is 12.2. The van der Waals surface area contributed by atoms with Gasteiger partial charge in [-0.1, -0.05) is 41.4 Å². The summed E-state index contributed by atoms with van der Waals surface area (Å²) < 4.78 is 27.6. The lowest BCUT2D eigenvalue weighted by atomic mass is 10.1. The lowest BCUT2D eigenvalue weighted by Crippen LogP contribution is -2.11. The van der Waals surface area contributed by atoms with Crippen LogP contribution < -0.4 is 10.0 Å². The molecule has 0 aliphatic rings. The quantitative estimate of drug-likeness (QED) is 0.646. The monoisotopic (exact) mass is 393 g/mol. The van der Waals surface area contributed by atoms with Gasteiger partial charge in [-0.15, -0.1) is 11.3 Å². The van der Waals surface area contributed by atoms with Gasteiger partial charge in [-0.25, -0.2) is 13.4 Å². The van der Waals surface area contributed by atoms with E-state index in [1.54, 1.807) is 18.2 Å². The van der Waals surface area contributed by atoms with Crippen molar-refractivity contribution in [1.29, 1.82) is 0 Å². The molecule has 0 unspecified atom stereocenters. The molecule has 0 amide bonds. The van der Waals surface area contributed by atoms with Crippen molar-refractivity contribution in [3.8, 4) is 0 Å². The number of halogens is 1. The van der Waals surface area contributed by atoms with E-state index >= 15 is 0 Å². The summed E-state index contributed by atoms with van der Waals surface area (Å²) in [5.41, 5.74) is 2.75. The number of hydrogen-bond acceptors (Lipinski definition) is 5. The summed E-state index contributed by atoms with van der Waals surface area (Å²) in [7, 11) is -3.64. The molecule has 0 bridgehead atoms. The van der Waals surface area contributed by atoms with Crippen molar-refractivity contribution in [1.82, 2.24) is 4.98 Å². The molecule has 3 aromatic rings. The van der Waals surface area contributed by atoms with E-state index in [0.717, 1.165) is 16.9 Å². The molecule has 0 atom stereocenters. The molecule has 130 valence electrons. The van der Waals surface area contributed by atoms with Crippen molar-refractivity contribution in [2.45, 2.75) is 17.7 Å². The Balaban J connectivity index is 1.63. The molecule has 0 saturated heterocycles. The third-order valence-corrected chi connectivity index (χ3v) is 6.53. The Morgan fingerprint density at radius 3 is 2.44 bits per heavy atom. The molecule has 0 radical (unpaired) electrons. The van der Waals surface area contributed by atoms with E-state index in [4.69, 9.17) is 11.6 Å². The van der Waals surface area contributed by atoms with Crippen LogP contribution in [0.5, 0.6) is 0 Å². The third-order valence-electron chi connectivity index (χ3n) is 3.42. The van der Waals surface area contributed by atoms with Crippen molar-refractivity contribution in [3.63, 3.8) is 0 Å². The Hall–Kier alpha value is -2.09. The molecular weight excluding hydrogens is 378 g/mol. The van der Waals surface area contributed by atoms with Crippen LogP contribution in [0, 0.1) is 6.92 Å². The standard InChI is InChI=1S/C17H16ClN3O2S2/c1-12-2-4-13(5-3-12)10-19-16-8-6-14(11-20-16)21-25(22,23)17-9-7-15(18)24-17/h2-9,11,21H,10H2,1H3,(H,19,20). The van der Waals surface area contributed by atoms with Crippen LogP contribution >= 0.6 is 22.9 Å². The number of nitrogens with one attached hydrogen (secondary N) is 2. The number of sulfonamides is 1. The lowest BCUT2D eigenvalue weighted by molar-refractivity contribution is 0.603. The molecule has 8 heteroatoms. The summed E-state index contributed by atoms with van der Waals surface area (Å²) in [6.07, 6.45) is 1.48. The van der Waals surface area contributed by atoms with Crippen molar-refractivity contribution < 1.29 is 8.42 Å². The molecular formula is C17H16ClN3O2S2. The molecule has 2 aromatic heterocycles. The Morgan fingerprint density at radius 2 is 1.84 bits per heavy atom. The zero-order valence-electron chi connectivity index (χ0n) is 13.4. The molecule has 0 spiro atoms. The minimum Gasteiger partial charge on any atom is -0.366 e. The van der Waals surface area contributed by atoms with Gasteiger partial charge in [0, 0.05) is 6.54 Å². The first-order valence-electron chi connectivity index (χ1n) is 7.46. The smallest absolute Gasteiger partial charge is 0.271 e. The van der Waals surface area contributed by atoms with Gasteiger partial charge in [0.05, 0.1) is 16.2 Å². The molecule has 25 heavy (non-hydrogen) atoms. The number of aryl methyl sites for hydroxylation is 1. The van der Waals surface area contributed by atoms with Gasteiger partial charge in [-0.3, -0.25) is 4.72 Å². The number of rotatable bonds is 6. The Labute approximate surface area is 155 Å². The number of anilines is 2. The topological polar surface area (TPSA) is 71.1 Å². The van der Waals surface area contributed by atoms with E-state index in [1.165, 1.54) is 17.8 Å². The fourth-order valence-corrected chi connectivity index (χ4v) is 4.63. The number of benzene rings is 1. The SMILES string of the molecule is Cc1ccc(CNc2ccc(NS(=O)(=O)c3ccc(Cl)s3)cn2)cc1. The number of thiophene rings is 1. The molecule has 1 aromatic carbocycles. The zero-order valence-corrected chi connectivity index (χ0v) is 15.8. The minimum atomic E-state index is -3.64. The zero-order chi connectivity index (χ0) is 17.9. The molecule has 5 nitrogen and oxygen atoms in total. The number of hydrogen-bond donors (Lipinski definition) is 2. The second-order valence-corrected chi connectivity index (χ2v) is 9.06. The van der Waals surface area contributed by atoms with Crippen molar-refractivity contribution >= 4 is 44.5 Å². The average Bonchev–Trinajstić information content (AvgIpc) is 3.03. The van der Waals surface area contributed by atoms with Crippen molar-refractivity contribution in [3.05, 3.63) is 70.2 Å². The number of nitrogens with zero attached hydrogens (tertiary/aromatic N) is 1. The van der Waals surface area contributed by atoms with Gasteiger partial charge in [0.25, 0.3) is 10.0 Å². The molecule has 0 fully saturated rings. The van der Waals surface area contributed by atoms with Gasteiger partial charge in [0.1, 0.15) is 10.0 Å². The first-order valence-corrected chi connectivity index (χ1v) is 10.1. The van der Waals surface area contributed by atoms with Gasteiger partial charge >= 0.3 is 0 Å². The first kappa shape index (κ1) is 17.7. The molecule has 0 aliphatic carbocycles. The predicted octanol–water partition coefficient (Wildman–Crippen LogP) is 4.52. The summed E-state index contributed by atoms with van der Waals surface area (Å²) in [6, 6.07) is 14.6. The highest BCUT2D eigenvalue weighted by molar-refractivity contribution is 7.94. The van der Waals surface area contributed by atoms with E-state index < -0.39 is 10.0 Å². The highest BCUT2D eigenvalue weighted by Crippen LogP contribution is 2.27. The van der Waals surface area contributed by atoms with Crippen LogP contribution in [0.15, 0.2) is 58.9 Å². The number of aromatic nitrogens is 1. The van der Waals surface area contributed by atoms with Crippen LogP contribution in [-0.4, -0.2) is 13.4 Å². The minimum absolute atomic E-state index is 0.166. The largest absolute Gasteiger partial charge is 0.366 e. The highest BCUT2D eigenvalue weighted by atomic mass is 35.5. The summed E-state index contributed by atoms with van der Waals surface area (Å²) >= 11 is 6.80. The van der Waals surface area contributed by atoms with Crippen LogP contribution in [0.3, 0.4) is 0 Å². The van der Waals surface area contributed by atoms with E-state index in [2.05, 4.69) is 39.3 Å². The summed E-state index contributed by atoms with van der Waals surface area (Å²) in [5, 5.41) is 3.20. The predicted molar refractivity (Wildman–Crippen MR) is 103 cm³/mol. The summed E-state index contributed by atoms with van der Waals surface area (Å²) in [4.78, 5) is 4.23. The third kappa shape index (κ3) is 4.72. The Bertz CT molecular complexity index is 952. The highest BCUT2D eigenvalue weighted by Gasteiger charge is 2.16. The Kier molecular flexibility index (Phi) is 5.27. The summed E-state index contributed by atoms with van der Waals surface area (Å²) in [5.74, 6) is 0.669. The first-order chi connectivity index (χ1) is 11.9. The molecule has 0 saturated carbocycles. The second-order valence-electron chi connectivity index (χ2n) is 5.44. The van der Waals surface area contributed by atoms with E-state index in [1.807, 2.05) is 6.92 Å². The van der Waals surface area contributed by atoms with Crippen LogP contribution in [0.4, 0.5) is 11.5 Å². The van der Waals surface area contributed by atoms with E-state index in [-0.39, 0.29) is 4.21 Å². The maximum absolute atomic E-state index is 12.2. The van der Waals surface area contributed by atoms with Gasteiger partial charge in [0.2, 0.25) is 0 Å². The maximum Gasteiger partial charge on any atom is 0.271 e. The van der Waals surface area contributed by atoms with Crippen molar-refractivity contribution in [2.24, 2.45) is 0 Å². The van der Waals surface area contributed by atoms with Gasteiger partial charge in [-0.2, -0.15) is 0 Å². The van der Waals surface area contributed by atoms with Crippen LogP contribution in [0.2, 0.25) is 4.34 Å². The Morgan fingerprint density at radius 1 is 1.08 bits per heavy atom. The average molecular weight is 394 g/mol. The van der Waals surface area contributed by atoms with E-state index in [0.29, 0.717) is 22.4 Å². The van der Waals surface area contributed by atoms with Crippen LogP contribution in [0.25, 0.3) is 0 Å².